The monoisotopic (exact) mass is 397 g/mol. The van der Waals surface area contributed by atoms with Crippen molar-refractivity contribution in [1.82, 2.24) is 0 Å². The van der Waals surface area contributed by atoms with E-state index in [4.69, 9.17) is 33.5 Å². The quantitative estimate of drug-likeness (QED) is 0.251. The number of primary amides is 5. The van der Waals surface area contributed by atoms with Crippen LogP contribution in [0, 0.1) is 0 Å². The Kier molecular flexibility index (Phi) is 12.5. The molecule has 0 rings (SSSR count). The smallest absolute Gasteiger partial charge is 0.405 e. The van der Waals surface area contributed by atoms with E-state index in [9.17, 15) is 24.0 Å². The molecular formula is C11H19N5O11. The number of rotatable bonds is 9. The van der Waals surface area contributed by atoms with E-state index in [1.807, 2.05) is 6.79 Å². The molecule has 27 heavy (non-hydrogen) atoms. The molecule has 16 nitrogen and oxygen atoms in total. The van der Waals surface area contributed by atoms with Crippen LogP contribution < -0.4 is 28.7 Å². The third kappa shape index (κ3) is 13.0. The summed E-state index contributed by atoms with van der Waals surface area (Å²) in [6, 6.07) is 0. The second-order valence-corrected chi connectivity index (χ2v) is 4.11. The lowest BCUT2D eigenvalue weighted by atomic mass is 10.1. The van der Waals surface area contributed by atoms with Crippen molar-refractivity contribution in [2.24, 2.45) is 28.7 Å². The van der Waals surface area contributed by atoms with Crippen molar-refractivity contribution >= 4 is 37.3 Å². The van der Waals surface area contributed by atoms with Gasteiger partial charge in [-0.2, -0.15) is 0 Å². The number of carbonyl (C=O) groups is 6. The predicted molar refractivity (Wildman–Crippen MR) is 81.6 cm³/mol. The molecule has 0 aliphatic carbocycles. The molecule has 0 aliphatic heterocycles. The van der Waals surface area contributed by atoms with Crippen molar-refractivity contribution in [3.8, 4) is 0 Å². The second-order valence-electron chi connectivity index (χ2n) is 4.11. The van der Waals surface area contributed by atoms with E-state index in [1.165, 1.54) is 0 Å². The lowest BCUT2D eigenvalue weighted by molar-refractivity contribution is -0.0980. The SMILES string of the molecule is C=O.NC(=O)OC[C@H](OC(N)=O)[C@@H](OC(N)=O)[C@@H](COC(N)=O)OC(N)=O. The van der Waals surface area contributed by atoms with Gasteiger partial charge in [0.25, 0.3) is 0 Å². The van der Waals surface area contributed by atoms with E-state index >= 15 is 0 Å². The van der Waals surface area contributed by atoms with Gasteiger partial charge in [0.1, 0.15) is 20.0 Å². The van der Waals surface area contributed by atoms with Gasteiger partial charge < -0.3 is 57.1 Å². The van der Waals surface area contributed by atoms with E-state index in [-0.39, 0.29) is 0 Å². The van der Waals surface area contributed by atoms with E-state index < -0.39 is 62.0 Å². The van der Waals surface area contributed by atoms with Gasteiger partial charge in [0.05, 0.1) is 0 Å². The Morgan fingerprint density at radius 2 is 0.889 bits per heavy atom. The molecule has 3 atom stereocenters. The molecule has 0 unspecified atom stereocenters. The van der Waals surface area contributed by atoms with E-state index in [0.29, 0.717) is 0 Å². The van der Waals surface area contributed by atoms with Crippen LogP contribution in [-0.4, -0.2) is 68.8 Å². The van der Waals surface area contributed by atoms with Gasteiger partial charge in [-0.05, 0) is 0 Å². The summed E-state index contributed by atoms with van der Waals surface area (Å²) in [4.78, 5) is 62.4. The fraction of sp³-hybridized carbons (Fsp3) is 0.455. The summed E-state index contributed by atoms with van der Waals surface area (Å²) in [7, 11) is 0. The van der Waals surface area contributed by atoms with Crippen molar-refractivity contribution in [3.63, 3.8) is 0 Å². The van der Waals surface area contributed by atoms with E-state index in [0.717, 1.165) is 0 Å². The summed E-state index contributed by atoms with van der Waals surface area (Å²) in [5, 5.41) is 0. The molecule has 0 aromatic carbocycles. The Hall–Kier alpha value is -3.98. The molecule has 0 aromatic heterocycles. The molecule has 0 fully saturated rings. The molecule has 0 aliphatic rings. The number of nitrogens with two attached hydrogens (primary N) is 5. The fourth-order valence-electron chi connectivity index (χ4n) is 1.54. The van der Waals surface area contributed by atoms with Crippen molar-refractivity contribution in [2.45, 2.75) is 18.3 Å². The maximum Gasteiger partial charge on any atom is 0.405 e. The van der Waals surface area contributed by atoms with Crippen LogP contribution in [0.15, 0.2) is 0 Å². The molecule has 0 heterocycles. The average molecular weight is 397 g/mol. The third-order valence-corrected chi connectivity index (χ3v) is 2.30. The molecule has 10 N–H and O–H groups in total. The maximum atomic E-state index is 11.1. The Balaban J connectivity index is 0. The number of amides is 5. The van der Waals surface area contributed by atoms with Gasteiger partial charge in [-0.25, -0.2) is 24.0 Å². The number of ether oxygens (including phenoxy) is 5. The first-order valence-electron chi connectivity index (χ1n) is 6.54. The summed E-state index contributed by atoms with van der Waals surface area (Å²) in [6.07, 6.45) is -11.8. The zero-order valence-corrected chi connectivity index (χ0v) is 13.7. The van der Waals surface area contributed by atoms with Gasteiger partial charge >= 0.3 is 30.5 Å². The Bertz CT molecular complexity index is 505. The Morgan fingerprint density at radius 1 is 0.593 bits per heavy atom. The zero-order chi connectivity index (χ0) is 21.6. The van der Waals surface area contributed by atoms with Crippen LogP contribution >= 0.6 is 0 Å². The van der Waals surface area contributed by atoms with Crippen molar-refractivity contribution < 1.29 is 52.5 Å². The molecule has 0 radical (unpaired) electrons. The van der Waals surface area contributed by atoms with Crippen LogP contribution in [0.25, 0.3) is 0 Å². The van der Waals surface area contributed by atoms with Crippen LogP contribution in [-0.2, 0) is 28.5 Å². The fourth-order valence-corrected chi connectivity index (χ4v) is 1.54. The normalized spacial score (nSPS) is 12.6. The first kappa shape index (κ1) is 25.3. The molecule has 5 amide bonds. The molecule has 0 spiro atoms. The largest absolute Gasteiger partial charge is 0.446 e. The first-order valence-corrected chi connectivity index (χ1v) is 6.54. The molecule has 154 valence electrons. The lowest BCUT2D eigenvalue weighted by Gasteiger charge is -2.30. The number of hydrogen-bond donors (Lipinski definition) is 5. The highest BCUT2D eigenvalue weighted by Crippen LogP contribution is 2.15. The summed E-state index contributed by atoms with van der Waals surface area (Å²) < 4.78 is 22.7. The van der Waals surface area contributed by atoms with E-state index in [2.05, 4.69) is 23.7 Å². The summed E-state index contributed by atoms with van der Waals surface area (Å²) in [5.74, 6) is 0. The topological polar surface area (TPSA) is 279 Å². The molecular weight excluding hydrogens is 378 g/mol. The zero-order valence-electron chi connectivity index (χ0n) is 13.7. The van der Waals surface area contributed by atoms with Crippen molar-refractivity contribution in [1.29, 1.82) is 0 Å². The number of hydrogen-bond acceptors (Lipinski definition) is 11. The molecule has 0 aromatic rings. The maximum absolute atomic E-state index is 11.1. The standard InChI is InChI=1S/C10H17N5O10.CH2O/c11-6(16)21-1-3(23-8(13)18)5(25-10(15)20)4(24-9(14)19)2-22-7(12)17;1-2/h3-5H,1-2H2,(H2,11,16)(H2,12,17)(H2,13,18)(H2,14,19)(H2,15,20);1H2/t3-,4+,5+;. The van der Waals surface area contributed by atoms with Crippen molar-refractivity contribution in [3.05, 3.63) is 0 Å². The van der Waals surface area contributed by atoms with Gasteiger partial charge in [-0.3, -0.25) is 0 Å². The first-order chi connectivity index (χ1) is 12.5. The summed E-state index contributed by atoms with van der Waals surface area (Å²) in [5.41, 5.74) is 24.1. The Labute approximate surface area is 151 Å². The summed E-state index contributed by atoms with van der Waals surface area (Å²) in [6.45, 7) is 0.427. The van der Waals surface area contributed by atoms with Gasteiger partial charge in [0, 0.05) is 0 Å². The third-order valence-electron chi connectivity index (χ3n) is 2.30. The Morgan fingerprint density at radius 3 is 1.11 bits per heavy atom. The minimum Gasteiger partial charge on any atom is -0.446 e. The summed E-state index contributed by atoms with van der Waals surface area (Å²) >= 11 is 0. The van der Waals surface area contributed by atoms with Crippen LogP contribution in [0.1, 0.15) is 0 Å². The molecule has 0 saturated carbocycles. The lowest BCUT2D eigenvalue weighted by Crippen LogP contribution is -2.51. The van der Waals surface area contributed by atoms with Gasteiger partial charge in [0.2, 0.25) is 0 Å². The minimum atomic E-state index is -1.75. The second kappa shape index (κ2) is 13.3. The van der Waals surface area contributed by atoms with E-state index in [1.54, 1.807) is 0 Å². The van der Waals surface area contributed by atoms with Gasteiger partial charge in [-0.1, -0.05) is 0 Å². The van der Waals surface area contributed by atoms with Gasteiger partial charge in [-0.15, -0.1) is 0 Å². The van der Waals surface area contributed by atoms with Crippen molar-refractivity contribution in [2.75, 3.05) is 13.2 Å². The average Bonchev–Trinajstić information content (AvgIpc) is 2.54. The highest BCUT2D eigenvalue weighted by atomic mass is 16.6. The molecule has 0 bridgehead atoms. The molecule has 16 heteroatoms. The minimum absolute atomic E-state index is 0.786. The van der Waals surface area contributed by atoms with Crippen LogP contribution in [0.2, 0.25) is 0 Å². The highest BCUT2D eigenvalue weighted by molar-refractivity contribution is 5.68. The van der Waals surface area contributed by atoms with Gasteiger partial charge in [0.15, 0.2) is 18.3 Å². The molecule has 0 saturated heterocycles. The van der Waals surface area contributed by atoms with Crippen LogP contribution in [0.4, 0.5) is 24.0 Å². The number of carbonyl (C=O) groups excluding carboxylic acids is 6. The van der Waals surface area contributed by atoms with Crippen LogP contribution in [0.3, 0.4) is 0 Å². The van der Waals surface area contributed by atoms with Crippen LogP contribution in [0.5, 0.6) is 0 Å². The predicted octanol–water partition coefficient (Wildman–Crippen LogP) is -2.62. The highest BCUT2D eigenvalue weighted by Gasteiger charge is 2.39.